The highest BCUT2D eigenvalue weighted by atomic mass is 32.2. The van der Waals surface area contributed by atoms with Crippen LogP contribution in [0.3, 0.4) is 0 Å². The van der Waals surface area contributed by atoms with Crippen molar-refractivity contribution in [3.8, 4) is 23.0 Å². The lowest BCUT2D eigenvalue weighted by atomic mass is 9.79. The number of ether oxygens (including phenoxy) is 2. The van der Waals surface area contributed by atoms with Gasteiger partial charge in [0.2, 0.25) is 0 Å². The number of fused-ring (bicyclic) bond motifs is 2. The fourth-order valence-corrected chi connectivity index (χ4v) is 9.30. The zero-order valence-electron chi connectivity index (χ0n) is 27.7. The molecule has 2 heterocycles. The van der Waals surface area contributed by atoms with E-state index in [4.69, 9.17) is 14.6 Å². The molecule has 4 atom stereocenters. The second-order valence-electron chi connectivity index (χ2n) is 13.0. The number of benzene rings is 2. The maximum Gasteiger partial charge on any atom is 0.319 e. The molecule has 0 bridgehead atoms. The number of aromatic hydroxyl groups is 2. The summed E-state index contributed by atoms with van der Waals surface area (Å²) in [5, 5.41) is 41.7. The molecular weight excluding hydrogens is 613 g/mol. The van der Waals surface area contributed by atoms with E-state index in [-0.39, 0.29) is 41.3 Å². The van der Waals surface area contributed by atoms with Gasteiger partial charge in [-0.05, 0) is 139 Å². The van der Waals surface area contributed by atoms with Crippen LogP contribution in [0.15, 0.2) is 0 Å². The van der Waals surface area contributed by atoms with Gasteiger partial charge in [0.05, 0.1) is 18.0 Å². The van der Waals surface area contributed by atoms with Crippen LogP contribution in [0.5, 0.6) is 23.0 Å². The second-order valence-corrected chi connectivity index (χ2v) is 15.7. The minimum atomic E-state index is -1.12. The highest BCUT2D eigenvalue weighted by Gasteiger charge is 2.42. The Bertz CT molecular complexity index is 1380. The summed E-state index contributed by atoms with van der Waals surface area (Å²) >= 11 is 2.55. The number of carboxylic acid groups (broad SMARTS) is 2. The van der Waals surface area contributed by atoms with Gasteiger partial charge in [0.1, 0.15) is 27.7 Å². The van der Waals surface area contributed by atoms with E-state index in [9.17, 15) is 24.9 Å². The third kappa shape index (κ3) is 7.02. The molecule has 2 aliphatic heterocycles. The number of carbonyl (C=O) groups is 2. The Morgan fingerprint density at radius 1 is 0.733 bits per heavy atom. The first-order valence-electron chi connectivity index (χ1n) is 15.7. The number of carboxylic acids is 2. The van der Waals surface area contributed by atoms with Crippen LogP contribution in [0, 0.1) is 53.4 Å². The minimum Gasteiger partial charge on any atom is -0.507 e. The first-order valence-corrected chi connectivity index (χ1v) is 17.9. The van der Waals surface area contributed by atoms with Crippen LogP contribution in [-0.2, 0) is 22.4 Å². The number of hydrogen-bond acceptors (Lipinski definition) is 8. The molecule has 0 saturated heterocycles. The predicted octanol–water partition coefficient (Wildman–Crippen LogP) is 7.42. The van der Waals surface area contributed by atoms with Crippen LogP contribution in [0.2, 0.25) is 0 Å². The van der Waals surface area contributed by atoms with Crippen LogP contribution in [0.4, 0.5) is 0 Å². The molecule has 4 rings (SSSR count). The molecular formula is C35H48O8S2. The summed E-state index contributed by atoms with van der Waals surface area (Å²) in [5.41, 5.74) is 7.10. The molecule has 0 radical (unpaired) electrons. The van der Waals surface area contributed by atoms with E-state index >= 15 is 0 Å². The van der Waals surface area contributed by atoms with Gasteiger partial charge in [-0.15, -0.1) is 23.5 Å². The maximum absolute atomic E-state index is 13.1. The van der Waals surface area contributed by atoms with Crippen molar-refractivity contribution in [3.05, 3.63) is 44.5 Å². The fourth-order valence-electron chi connectivity index (χ4n) is 6.91. The topological polar surface area (TPSA) is 134 Å². The normalized spacial score (nSPS) is 22.0. The van der Waals surface area contributed by atoms with Gasteiger partial charge >= 0.3 is 11.9 Å². The van der Waals surface area contributed by atoms with Crippen molar-refractivity contribution in [2.75, 3.05) is 10.8 Å². The van der Waals surface area contributed by atoms with Gasteiger partial charge in [0.15, 0.2) is 0 Å². The Morgan fingerprint density at radius 3 is 1.53 bits per heavy atom. The zero-order chi connectivity index (χ0) is 33.4. The summed E-state index contributed by atoms with van der Waals surface area (Å²) < 4.78 is 11.7. The first-order chi connectivity index (χ1) is 21.1. The number of thioether (sulfide) groups is 2. The molecule has 8 nitrogen and oxygen atoms in total. The van der Waals surface area contributed by atoms with Gasteiger partial charge in [-0.25, -0.2) is 0 Å². The Kier molecular flexibility index (Phi) is 10.9. The van der Waals surface area contributed by atoms with Crippen LogP contribution in [0.1, 0.15) is 84.0 Å². The van der Waals surface area contributed by atoms with Gasteiger partial charge in [0, 0.05) is 16.2 Å². The van der Waals surface area contributed by atoms with Crippen LogP contribution in [0.25, 0.3) is 0 Å². The molecule has 4 unspecified atom stereocenters. The third-order valence-corrected chi connectivity index (χ3v) is 13.1. The molecule has 0 fully saturated rings. The van der Waals surface area contributed by atoms with Crippen LogP contribution < -0.4 is 9.47 Å². The Morgan fingerprint density at radius 2 is 1.16 bits per heavy atom. The summed E-state index contributed by atoms with van der Waals surface area (Å²) in [6.07, 6.45) is 3.17. The molecule has 2 aliphatic rings. The number of phenols is 2. The molecule has 248 valence electrons. The monoisotopic (exact) mass is 660 g/mol. The maximum atomic E-state index is 13.1. The molecule has 0 amide bonds. The largest absolute Gasteiger partial charge is 0.507 e. The third-order valence-electron chi connectivity index (χ3n) is 10.4. The van der Waals surface area contributed by atoms with Crippen molar-refractivity contribution in [2.24, 2.45) is 11.8 Å². The molecule has 0 saturated carbocycles. The smallest absolute Gasteiger partial charge is 0.319 e. The van der Waals surface area contributed by atoms with E-state index < -0.39 is 16.7 Å². The Labute approximate surface area is 275 Å². The average Bonchev–Trinajstić information content (AvgIpc) is 3.00. The predicted molar refractivity (Wildman–Crippen MR) is 181 cm³/mol. The van der Waals surface area contributed by atoms with E-state index in [0.717, 1.165) is 56.0 Å². The standard InChI is InChI=1S/C35H48O8S2/c1-17-19(3)32-27(21(5)30(17)38)13-25(23(7)42-32)9-11-35(34(40)41,45-16-44-15-29(36)37)12-10-26-14-28-22(6)31(39)18(2)20(4)33(28)43-24(26)8/h23-26,38-39H,9-16H2,1-8H3,(H,36,37)(H,40,41). The first kappa shape index (κ1) is 35.1. The highest BCUT2D eigenvalue weighted by Crippen LogP contribution is 2.47. The van der Waals surface area contributed by atoms with E-state index in [1.54, 1.807) is 0 Å². The van der Waals surface area contributed by atoms with Gasteiger partial charge in [-0.1, -0.05) is 0 Å². The van der Waals surface area contributed by atoms with Crippen molar-refractivity contribution < 1.29 is 39.5 Å². The summed E-state index contributed by atoms with van der Waals surface area (Å²) in [7, 11) is 0. The minimum absolute atomic E-state index is 0.0596. The summed E-state index contributed by atoms with van der Waals surface area (Å²) in [5.74, 6) is 0.450. The van der Waals surface area contributed by atoms with Gasteiger partial charge in [-0.2, -0.15) is 0 Å². The molecule has 4 N–H and O–H groups in total. The van der Waals surface area contributed by atoms with Crippen molar-refractivity contribution in [1.82, 2.24) is 0 Å². The SMILES string of the molecule is Cc1c(C)c2c(c(C)c1O)CC(CCC(CCC1Cc3c(C)c(O)c(C)c(C)c3OC1C)(SCSCC(=O)O)C(=O)O)C(C)O2. The Balaban J connectivity index is 1.56. The quantitative estimate of drug-likeness (QED) is 0.135. The lowest BCUT2D eigenvalue weighted by molar-refractivity contribution is -0.140. The number of hydrogen-bond donors (Lipinski definition) is 4. The number of rotatable bonds is 12. The average molecular weight is 661 g/mol. The fraction of sp³-hybridized carbons (Fsp3) is 0.600. The van der Waals surface area contributed by atoms with Crippen molar-refractivity contribution in [1.29, 1.82) is 0 Å². The zero-order valence-corrected chi connectivity index (χ0v) is 29.3. The molecule has 10 heteroatoms. The van der Waals surface area contributed by atoms with Crippen LogP contribution >= 0.6 is 23.5 Å². The lowest BCUT2D eigenvalue weighted by Gasteiger charge is -2.38. The summed E-state index contributed by atoms with van der Waals surface area (Å²) in [6, 6.07) is 0. The lowest BCUT2D eigenvalue weighted by Crippen LogP contribution is -2.40. The van der Waals surface area contributed by atoms with E-state index in [0.29, 0.717) is 43.6 Å². The van der Waals surface area contributed by atoms with Crippen molar-refractivity contribution in [2.45, 2.75) is 111 Å². The molecule has 0 aromatic heterocycles. The highest BCUT2D eigenvalue weighted by molar-refractivity contribution is 8.17. The Hall–Kier alpha value is -2.72. The van der Waals surface area contributed by atoms with Crippen LogP contribution in [-0.4, -0.2) is 60.2 Å². The van der Waals surface area contributed by atoms with E-state index in [1.807, 2.05) is 55.4 Å². The van der Waals surface area contributed by atoms with Crippen molar-refractivity contribution >= 4 is 35.5 Å². The van der Waals surface area contributed by atoms with Gasteiger partial charge < -0.3 is 29.9 Å². The van der Waals surface area contributed by atoms with Gasteiger partial charge in [-0.3, -0.25) is 9.59 Å². The molecule has 2 aromatic carbocycles. The van der Waals surface area contributed by atoms with Gasteiger partial charge in [0.25, 0.3) is 0 Å². The second kappa shape index (κ2) is 14.0. The molecule has 0 aliphatic carbocycles. The molecule has 0 spiro atoms. The number of phenolic OH excluding ortho intramolecular Hbond substituents is 2. The summed E-state index contributed by atoms with van der Waals surface area (Å²) in [4.78, 5) is 24.3. The molecule has 2 aromatic rings. The summed E-state index contributed by atoms with van der Waals surface area (Å²) in [6.45, 7) is 15.6. The molecule has 45 heavy (non-hydrogen) atoms. The van der Waals surface area contributed by atoms with E-state index in [2.05, 4.69) is 0 Å². The number of aliphatic carboxylic acids is 2. The van der Waals surface area contributed by atoms with Crippen molar-refractivity contribution in [3.63, 3.8) is 0 Å². The van der Waals surface area contributed by atoms with E-state index in [1.165, 1.54) is 23.5 Å².